The first-order valence-electron chi connectivity index (χ1n) is 11.5. The van der Waals surface area contributed by atoms with Gasteiger partial charge in [0.25, 0.3) is 0 Å². The summed E-state index contributed by atoms with van der Waals surface area (Å²) in [5.74, 6) is 0.271. The second kappa shape index (κ2) is 10.4. The number of rotatable bonds is 8. The van der Waals surface area contributed by atoms with E-state index in [-0.39, 0.29) is 23.3 Å². The first-order chi connectivity index (χ1) is 16.4. The fraction of sp³-hybridized carbons (Fsp3) is 0.296. The summed E-state index contributed by atoms with van der Waals surface area (Å²) in [6, 6.07) is 21.1. The van der Waals surface area contributed by atoms with Crippen LogP contribution in [0.1, 0.15) is 41.1 Å². The molecule has 0 unspecified atom stereocenters. The van der Waals surface area contributed by atoms with Gasteiger partial charge < -0.3 is 10.1 Å². The van der Waals surface area contributed by atoms with Gasteiger partial charge in [0.05, 0.1) is 18.0 Å². The van der Waals surface area contributed by atoms with Crippen LogP contribution >= 0.6 is 0 Å². The van der Waals surface area contributed by atoms with Crippen LogP contribution in [0.15, 0.2) is 77.7 Å². The van der Waals surface area contributed by atoms with Crippen molar-refractivity contribution >= 4 is 15.9 Å². The zero-order valence-corrected chi connectivity index (χ0v) is 20.3. The number of methoxy groups -OCH3 is 1. The summed E-state index contributed by atoms with van der Waals surface area (Å²) in [5, 5.41) is 3.11. The Morgan fingerprint density at radius 2 is 1.79 bits per heavy atom. The van der Waals surface area contributed by atoms with Gasteiger partial charge in [-0.1, -0.05) is 54.6 Å². The maximum Gasteiger partial charge on any atom is 0.241 e. The number of ether oxygens (including phenoxy) is 1. The number of sulfonamides is 1. The summed E-state index contributed by atoms with van der Waals surface area (Å²) in [6.07, 6.45) is 3.03. The molecule has 0 aliphatic heterocycles. The Labute approximate surface area is 201 Å². The monoisotopic (exact) mass is 478 g/mol. The Morgan fingerprint density at radius 1 is 1.06 bits per heavy atom. The highest BCUT2D eigenvalue weighted by molar-refractivity contribution is 7.89. The Bertz CT molecular complexity index is 1260. The highest BCUT2D eigenvalue weighted by Crippen LogP contribution is 2.29. The Morgan fingerprint density at radius 3 is 2.53 bits per heavy atom. The van der Waals surface area contributed by atoms with Crippen LogP contribution < -0.4 is 14.8 Å². The van der Waals surface area contributed by atoms with Crippen LogP contribution in [0.5, 0.6) is 5.75 Å². The molecule has 1 aliphatic rings. The molecule has 2 N–H and O–H groups in total. The quantitative estimate of drug-likeness (QED) is 0.511. The molecule has 0 saturated carbocycles. The van der Waals surface area contributed by atoms with Crippen LogP contribution in [0, 0.1) is 6.92 Å². The number of benzene rings is 3. The molecule has 3 aromatic rings. The van der Waals surface area contributed by atoms with Gasteiger partial charge in [-0.2, -0.15) is 4.72 Å². The lowest BCUT2D eigenvalue weighted by atomic mass is 9.87. The van der Waals surface area contributed by atoms with Crippen LogP contribution in [0.2, 0.25) is 0 Å². The maximum absolute atomic E-state index is 13.4. The number of hydrogen-bond donors (Lipinski definition) is 2. The fourth-order valence-corrected chi connectivity index (χ4v) is 5.77. The predicted octanol–water partition coefficient (Wildman–Crippen LogP) is 4.09. The van der Waals surface area contributed by atoms with E-state index in [0.29, 0.717) is 11.3 Å². The van der Waals surface area contributed by atoms with Crippen LogP contribution in [0.4, 0.5) is 0 Å². The molecule has 0 bridgehead atoms. The van der Waals surface area contributed by atoms with Gasteiger partial charge in [0, 0.05) is 0 Å². The van der Waals surface area contributed by atoms with Crippen molar-refractivity contribution in [3.05, 3.63) is 95.1 Å². The van der Waals surface area contributed by atoms with Gasteiger partial charge in [0.2, 0.25) is 15.9 Å². The molecule has 7 heteroatoms. The maximum atomic E-state index is 13.4. The number of hydrogen-bond acceptors (Lipinski definition) is 4. The molecule has 0 aromatic heterocycles. The van der Waals surface area contributed by atoms with Crippen molar-refractivity contribution in [2.24, 2.45) is 0 Å². The van der Waals surface area contributed by atoms with Crippen LogP contribution in [-0.2, 0) is 27.7 Å². The van der Waals surface area contributed by atoms with E-state index in [4.69, 9.17) is 4.74 Å². The standard InChI is InChI=1S/C27H30N2O4S/c1-19-17-22(15-16-26(19)33-2)34(31,32)29-25(18-20-9-4-3-5-10-20)27(30)28-24-14-8-12-21-11-6-7-13-23(21)24/h3-7,9-11,13,15-17,24-25,29H,8,12,14,18H2,1-2H3,(H,28,30)/t24-,25+/m1/s1. The normalized spacial score (nSPS) is 16.4. The predicted molar refractivity (Wildman–Crippen MR) is 132 cm³/mol. The minimum Gasteiger partial charge on any atom is -0.496 e. The third-order valence-electron chi connectivity index (χ3n) is 6.26. The Balaban J connectivity index is 1.59. The number of carbonyl (C=O) groups excluding carboxylic acids is 1. The smallest absolute Gasteiger partial charge is 0.241 e. The van der Waals surface area contributed by atoms with Gasteiger partial charge in [-0.25, -0.2) is 8.42 Å². The molecular weight excluding hydrogens is 448 g/mol. The van der Waals surface area contributed by atoms with Gasteiger partial charge >= 0.3 is 0 Å². The van der Waals surface area contributed by atoms with E-state index in [0.717, 1.165) is 30.4 Å². The summed E-state index contributed by atoms with van der Waals surface area (Å²) in [4.78, 5) is 13.5. The highest BCUT2D eigenvalue weighted by atomic mass is 32.2. The minimum atomic E-state index is -3.94. The molecule has 0 saturated heterocycles. The van der Waals surface area contributed by atoms with E-state index in [1.165, 1.54) is 11.6 Å². The largest absolute Gasteiger partial charge is 0.496 e. The summed E-state index contributed by atoms with van der Waals surface area (Å²) >= 11 is 0. The summed E-state index contributed by atoms with van der Waals surface area (Å²) < 4.78 is 34.4. The van der Waals surface area contributed by atoms with Crippen molar-refractivity contribution in [3.8, 4) is 5.75 Å². The number of fused-ring (bicyclic) bond motifs is 1. The van der Waals surface area contributed by atoms with Crippen molar-refractivity contribution in [3.63, 3.8) is 0 Å². The molecule has 4 rings (SSSR count). The first-order valence-corrected chi connectivity index (χ1v) is 12.9. The molecule has 2 atom stereocenters. The lowest BCUT2D eigenvalue weighted by Gasteiger charge is -2.28. The lowest BCUT2D eigenvalue weighted by Crippen LogP contribution is -2.49. The topological polar surface area (TPSA) is 84.5 Å². The molecular formula is C27H30N2O4S. The fourth-order valence-electron chi connectivity index (χ4n) is 4.49. The van der Waals surface area contributed by atoms with Gasteiger partial charge in [-0.05, 0) is 73.1 Å². The van der Waals surface area contributed by atoms with E-state index >= 15 is 0 Å². The van der Waals surface area contributed by atoms with E-state index in [1.807, 2.05) is 48.5 Å². The molecule has 34 heavy (non-hydrogen) atoms. The second-order valence-electron chi connectivity index (χ2n) is 8.65. The summed E-state index contributed by atoms with van der Waals surface area (Å²) in [6.45, 7) is 1.78. The zero-order valence-electron chi connectivity index (χ0n) is 19.5. The number of aryl methyl sites for hydroxylation is 2. The number of carbonyl (C=O) groups is 1. The first kappa shape index (κ1) is 24.0. The van der Waals surface area contributed by atoms with E-state index in [9.17, 15) is 13.2 Å². The second-order valence-corrected chi connectivity index (χ2v) is 10.4. The molecule has 178 valence electrons. The van der Waals surface area contributed by atoms with E-state index in [1.54, 1.807) is 26.2 Å². The van der Waals surface area contributed by atoms with Crippen molar-refractivity contribution in [2.75, 3.05) is 7.11 Å². The molecule has 0 fully saturated rings. The molecule has 0 spiro atoms. The highest BCUT2D eigenvalue weighted by Gasteiger charge is 2.29. The number of amides is 1. The van der Waals surface area contributed by atoms with Gasteiger partial charge in [0.1, 0.15) is 11.8 Å². The van der Waals surface area contributed by atoms with Crippen molar-refractivity contribution < 1.29 is 17.9 Å². The molecule has 1 amide bonds. The lowest BCUT2D eigenvalue weighted by molar-refractivity contribution is -0.123. The van der Waals surface area contributed by atoms with Crippen LogP contribution in [0.3, 0.4) is 0 Å². The third-order valence-corrected chi connectivity index (χ3v) is 7.73. The number of nitrogens with one attached hydrogen (secondary N) is 2. The SMILES string of the molecule is COc1ccc(S(=O)(=O)N[C@@H](Cc2ccccc2)C(=O)N[C@@H]2CCCc3ccccc32)cc1C. The van der Waals surface area contributed by atoms with E-state index in [2.05, 4.69) is 16.1 Å². The summed E-state index contributed by atoms with van der Waals surface area (Å²) in [7, 11) is -2.40. The average Bonchev–Trinajstić information content (AvgIpc) is 2.84. The third kappa shape index (κ3) is 5.48. The Kier molecular flexibility index (Phi) is 7.34. The molecule has 0 radical (unpaired) electrons. The van der Waals surface area contributed by atoms with E-state index < -0.39 is 16.1 Å². The molecule has 0 heterocycles. The van der Waals surface area contributed by atoms with Crippen LogP contribution in [0.25, 0.3) is 0 Å². The van der Waals surface area contributed by atoms with Gasteiger partial charge in [-0.3, -0.25) is 4.79 Å². The molecule has 3 aromatic carbocycles. The van der Waals surface area contributed by atoms with Gasteiger partial charge in [0.15, 0.2) is 0 Å². The molecule has 6 nitrogen and oxygen atoms in total. The Hall–Kier alpha value is -3.16. The average molecular weight is 479 g/mol. The van der Waals surface area contributed by atoms with Crippen LogP contribution in [-0.4, -0.2) is 27.5 Å². The zero-order chi connectivity index (χ0) is 24.1. The van der Waals surface area contributed by atoms with Gasteiger partial charge in [-0.15, -0.1) is 0 Å². The van der Waals surface area contributed by atoms with Crippen molar-refractivity contribution in [1.29, 1.82) is 0 Å². The summed E-state index contributed by atoms with van der Waals surface area (Å²) in [5.41, 5.74) is 3.91. The molecule has 1 aliphatic carbocycles. The van der Waals surface area contributed by atoms with Crippen molar-refractivity contribution in [1.82, 2.24) is 10.0 Å². The minimum absolute atomic E-state index is 0.0969. The van der Waals surface area contributed by atoms with Crippen molar-refractivity contribution in [2.45, 2.75) is 49.6 Å².